The summed E-state index contributed by atoms with van der Waals surface area (Å²) in [5, 5.41) is 12.1. The summed E-state index contributed by atoms with van der Waals surface area (Å²) in [5.41, 5.74) is 5.70. The van der Waals surface area contributed by atoms with Crippen molar-refractivity contribution in [2.45, 2.75) is 38.4 Å². The van der Waals surface area contributed by atoms with Gasteiger partial charge in [0.05, 0.1) is 30.7 Å². The molecular formula is C19H26ClN5O4S. The predicted molar refractivity (Wildman–Crippen MR) is 116 cm³/mol. The smallest absolute Gasteiger partial charge is 0.234 e. The summed E-state index contributed by atoms with van der Waals surface area (Å²) in [6.45, 7) is 4.81. The van der Waals surface area contributed by atoms with Crippen LogP contribution in [0.5, 0.6) is 11.5 Å². The molecule has 0 saturated carbocycles. The Morgan fingerprint density at radius 3 is 2.53 bits per heavy atom. The number of aromatic nitrogens is 3. The van der Waals surface area contributed by atoms with Crippen molar-refractivity contribution in [2.24, 2.45) is 11.7 Å². The van der Waals surface area contributed by atoms with Crippen molar-refractivity contribution < 1.29 is 19.1 Å². The summed E-state index contributed by atoms with van der Waals surface area (Å²) in [6, 6.07) is 3.18. The van der Waals surface area contributed by atoms with Crippen LogP contribution in [0.3, 0.4) is 0 Å². The Morgan fingerprint density at radius 2 is 1.93 bits per heavy atom. The lowest BCUT2D eigenvalue weighted by Crippen LogP contribution is -2.17. The molecule has 2 rings (SSSR count). The summed E-state index contributed by atoms with van der Waals surface area (Å²) in [6.07, 6.45) is 0.600. The van der Waals surface area contributed by atoms with E-state index in [9.17, 15) is 9.59 Å². The number of aryl methyl sites for hydroxylation is 1. The second-order valence-electron chi connectivity index (χ2n) is 6.89. The molecule has 164 valence electrons. The Hall–Kier alpha value is -2.46. The van der Waals surface area contributed by atoms with Crippen LogP contribution in [0.1, 0.15) is 26.1 Å². The lowest BCUT2D eigenvalue weighted by atomic mass is 10.2. The van der Waals surface area contributed by atoms with Gasteiger partial charge in [-0.15, -0.1) is 10.2 Å². The number of methoxy groups -OCH3 is 2. The SMILES string of the molecule is COc1cc(NC(=O)CSc2nnc(CCC(N)=O)n2CC(C)C)c(OC)cc1Cl. The quantitative estimate of drug-likeness (QED) is 0.499. The molecule has 0 aliphatic carbocycles. The number of nitrogens with zero attached hydrogens (tertiary/aromatic N) is 3. The average molecular weight is 456 g/mol. The number of nitrogens with one attached hydrogen (secondary N) is 1. The summed E-state index contributed by atoms with van der Waals surface area (Å²) < 4.78 is 12.4. The lowest BCUT2D eigenvalue weighted by molar-refractivity contribution is -0.118. The van der Waals surface area contributed by atoms with Crippen molar-refractivity contribution in [1.29, 1.82) is 0 Å². The molecule has 0 aliphatic rings. The van der Waals surface area contributed by atoms with Gasteiger partial charge in [0, 0.05) is 31.5 Å². The zero-order valence-corrected chi connectivity index (χ0v) is 19.0. The highest BCUT2D eigenvalue weighted by atomic mass is 35.5. The molecule has 1 aromatic heterocycles. The minimum atomic E-state index is -0.394. The van der Waals surface area contributed by atoms with Gasteiger partial charge in [-0.05, 0) is 5.92 Å². The van der Waals surface area contributed by atoms with Crippen LogP contribution in [0.2, 0.25) is 5.02 Å². The molecule has 0 aliphatic heterocycles. The van der Waals surface area contributed by atoms with E-state index in [1.807, 2.05) is 4.57 Å². The zero-order chi connectivity index (χ0) is 22.3. The van der Waals surface area contributed by atoms with Crippen LogP contribution in [0.15, 0.2) is 17.3 Å². The molecule has 0 saturated heterocycles. The van der Waals surface area contributed by atoms with Gasteiger partial charge < -0.3 is 25.1 Å². The Labute approximate surface area is 184 Å². The number of hydrogen-bond acceptors (Lipinski definition) is 7. The van der Waals surface area contributed by atoms with Gasteiger partial charge in [0.25, 0.3) is 0 Å². The van der Waals surface area contributed by atoms with Crippen LogP contribution in [-0.2, 0) is 22.6 Å². The van der Waals surface area contributed by atoms with Crippen molar-refractivity contribution in [3.63, 3.8) is 0 Å². The number of carbonyl (C=O) groups excluding carboxylic acids is 2. The number of rotatable bonds is 11. The predicted octanol–water partition coefficient (Wildman–Crippen LogP) is 2.75. The third-order valence-electron chi connectivity index (χ3n) is 4.02. The zero-order valence-electron chi connectivity index (χ0n) is 17.4. The molecule has 3 N–H and O–H groups in total. The van der Waals surface area contributed by atoms with Crippen LogP contribution in [0, 0.1) is 5.92 Å². The summed E-state index contributed by atoms with van der Waals surface area (Å²) in [4.78, 5) is 23.6. The maximum absolute atomic E-state index is 12.5. The Balaban J connectivity index is 2.10. The van der Waals surface area contributed by atoms with Gasteiger partial charge in [0.2, 0.25) is 11.8 Å². The van der Waals surface area contributed by atoms with Crippen molar-refractivity contribution in [2.75, 3.05) is 25.3 Å². The molecule has 11 heteroatoms. The van der Waals surface area contributed by atoms with Gasteiger partial charge in [-0.2, -0.15) is 0 Å². The normalized spacial score (nSPS) is 10.9. The van der Waals surface area contributed by atoms with E-state index in [-0.39, 0.29) is 18.1 Å². The Bertz CT molecular complexity index is 903. The minimum Gasteiger partial charge on any atom is -0.495 e. The number of primary amides is 1. The van der Waals surface area contributed by atoms with Gasteiger partial charge in [0.15, 0.2) is 5.16 Å². The molecule has 0 spiro atoms. The van der Waals surface area contributed by atoms with E-state index >= 15 is 0 Å². The topological polar surface area (TPSA) is 121 Å². The molecule has 2 amide bonds. The highest BCUT2D eigenvalue weighted by Gasteiger charge is 2.17. The first-order valence-electron chi connectivity index (χ1n) is 9.29. The third-order valence-corrected chi connectivity index (χ3v) is 5.28. The molecule has 0 unspecified atom stereocenters. The first-order chi connectivity index (χ1) is 14.2. The first kappa shape index (κ1) is 23.8. The maximum Gasteiger partial charge on any atom is 0.234 e. The van der Waals surface area contributed by atoms with E-state index in [0.717, 1.165) is 0 Å². The summed E-state index contributed by atoms with van der Waals surface area (Å²) >= 11 is 7.36. The molecule has 0 atom stereocenters. The number of amides is 2. The van der Waals surface area contributed by atoms with E-state index in [1.54, 1.807) is 12.1 Å². The Morgan fingerprint density at radius 1 is 1.23 bits per heavy atom. The van der Waals surface area contributed by atoms with Gasteiger partial charge in [-0.1, -0.05) is 37.2 Å². The molecule has 0 fully saturated rings. The van der Waals surface area contributed by atoms with E-state index in [1.165, 1.54) is 26.0 Å². The first-order valence-corrected chi connectivity index (χ1v) is 10.7. The summed E-state index contributed by atoms with van der Waals surface area (Å²) in [5.74, 6) is 1.34. The second kappa shape index (κ2) is 11.1. The number of hydrogen-bond donors (Lipinski definition) is 2. The second-order valence-corrected chi connectivity index (χ2v) is 8.24. The number of carbonyl (C=O) groups is 2. The van der Waals surface area contributed by atoms with E-state index in [2.05, 4.69) is 29.4 Å². The third kappa shape index (κ3) is 6.53. The van der Waals surface area contributed by atoms with E-state index < -0.39 is 5.91 Å². The number of benzene rings is 1. The van der Waals surface area contributed by atoms with Crippen molar-refractivity contribution in [1.82, 2.24) is 14.8 Å². The number of nitrogens with two attached hydrogens (primary N) is 1. The number of anilines is 1. The molecule has 2 aromatic rings. The summed E-state index contributed by atoms with van der Waals surface area (Å²) in [7, 11) is 2.98. The van der Waals surface area contributed by atoms with Gasteiger partial charge in [0.1, 0.15) is 17.3 Å². The number of thioether (sulfide) groups is 1. The van der Waals surface area contributed by atoms with Crippen LogP contribution in [0.25, 0.3) is 0 Å². The average Bonchev–Trinajstić information content (AvgIpc) is 3.06. The fraction of sp³-hybridized carbons (Fsp3) is 0.474. The van der Waals surface area contributed by atoms with Crippen LogP contribution in [0.4, 0.5) is 5.69 Å². The van der Waals surface area contributed by atoms with Crippen molar-refractivity contribution in [3.05, 3.63) is 23.0 Å². The van der Waals surface area contributed by atoms with Gasteiger partial charge >= 0.3 is 0 Å². The van der Waals surface area contributed by atoms with Crippen LogP contribution >= 0.6 is 23.4 Å². The fourth-order valence-corrected chi connectivity index (χ4v) is 3.67. The van der Waals surface area contributed by atoms with Crippen LogP contribution in [-0.4, -0.2) is 46.6 Å². The van der Waals surface area contributed by atoms with Gasteiger partial charge in [-0.25, -0.2) is 0 Å². The minimum absolute atomic E-state index is 0.111. The fourth-order valence-electron chi connectivity index (χ4n) is 2.67. The van der Waals surface area contributed by atoms with Gasteiger partial charge in [-0.3, -0.25) is 9.59 Å². The molecule has 0 radical (unpaired) electrons. The largest absolute Gasteiger partial charge is 0.495 e. The highest BCUT2D eigenvalue weighted by molar-refractivity contribution is 7.99. The number of halogens is 1. The molecule has 30 heavy (non-hydrogen) atoms. The molecule has 1 aromatic carbocycles. The van der Waals surface area contributed by atoms with Crippen molar-refractivity contribution >= 4 is 40.9 Å². The standard InChI is InChI=1S/C19H26ClN5O4S/c1-11(2)9-25-17(6-5-16(21)26)23-24-19(25)30-10-18(27)22-13-8-14(28-3)12(20)7-15(13)29-4/h7-8,11H,5-6,9-10H2,1-4H3,(H2,21,26)(H,22,27). The van der Waals surface area contributed by atoms with E-state index in [4.69, 9.17) is 26.8 Å². The number of ether oxygens (including phenoxy) is 2. The van der Waals surface area contributed by atoms with Crippen LogP contribution < -0.4 is 20.5 Å². The molecule has 9 nitrogen and oxygen atoms in total. The Kier molecular flexibility index (Phi) is 8.79. The maximum atomic E-state index is 12.5. The monoisotopic (exact) mass is 455 g/mol. The lowest BCUT2D eigenvalue weighted by Gasteiger charge is -2.14. The molecule has 0 bridgehead atoms. The van der Waals surface area contributed by atoms with Crippen molar-refractivity contribution in [3.8, 4) is 11.5 Å². The molecule has 1 heterocycles. The van der Waals surface area contributed by atoms with E-state index in [0.29, 0.717) is 52.1 Å². The highest BCUT2D eigenvalue weighted by Crippen LogP contribution is 2.36. The molecular weight excluding hydrogens is 430 g/mol.